The van der Waals surface area contributed by atoms with Gasteiger partial charge >= 0.3 is 0 Å². The summed E-state index contributed by atoms with van der Waals surface area (Å²) < 4.78 is 18.0. The van der Waals surface area contributed by atoms with Crippen LogP contribution in [0.1, 0.15) is 11.6 Å². The van der Waals surface area contributed by atoms with Gasteiger partial charge in [-0.2, -0.15) is 0 Å². The number of nitrogens with one attached hydrogen (secondary N) is 1. The van der Waals surface area contributed by atoms with Gasteiger partial charge in [-0.1, -0.05) is 12.1 Å². The summed E-state index contributed by atoms with van der Waals surface area (Å²) in [5, 5.41) is 3.30. The molecule has 0 bridgehead atoms. The van der Waals surface area contributed by atoms with Gasteiger partial charge in [0.2, 0.25) is 0 Å². The van der Waals surface area contributed by atoms with Crippen molar-refractivity contribution in [3.63, 3.8) is 0 Å². The van der Waals surface area contributed by atoms with Crippen LogP contribution in [0.4, 0.5) is 4.39 Å². The van der Waals surface area contributed by atoms with Gasteiger partial charge in [-0.25, -0.2) is 4.39 Å². The molecule has 106 valence electrons. The third-order valence-electron chi connectivity index (χ3n) is 3.10. The van der Waals surface area contributed by atoms with Gasteiger partial charge in [-0.3, -0.25) is 0 Å². The molecule has 1 atom stereocenters. The van der Waals surface area contributed by atoms with Crippen LogP contribution in [0.15, 0.2) is 53.4 Å². The van der Waals surface area contributed by atoms with Gasteiger partial charge < -0.3 is 10.1 Å². The fraction of sp³-hybridized carbons (Fsp3) is 0.250. The van der Waals surface area contributed by atoms with E-state index in [0.29, 0.717) is 0 Å². The molecule has 0 aliphatic heterocycles. The van der Waals surface area contributed by atoms with Crippen LogP contribution < -0.4 is 10.1 Å². The zero-order valence-corrected chi connectivity index (χ0v) is 12.4. The number of benzene rings is 2. The summed E-state index contributed by atoms with van der Waals surface area (Å²) in [6, 6.07) is 14.9. The fourth-order valence-corrected chi connectivity index (χ4v) is 2.94. The number of ether oxygens (including phenoxy) is 1. The summed E-state index contributed by atoms with van der Waals surface area (Å²) in [4.78, 5) is 1.07. The summed E-state index contributed by atoms with van der Waals surface area (Å²) in [5.41, 5.74) is 1.21. The molecule has 0 fully saturated rings. The summed E-state index contributed by atoms with van der Waals surface area (Å²) >= 11 is 1.71. The van der Waals surface area contributed by atoms with Crippen molar-refractivity contribution in [3.05, 3.63) is 59.9 Å². The van der Waals surface area contributed by atoms with Crippen LogP contribution in [0.2, 0.25) is 0 Å². The van der Waals surface area contributed by atoms with Crippen molar-refractivity contribution in [3.8, 4) is 5.75 Å². The fourth-order valence-electron chi connectivity index (χ4n) is 1.89. The largest absolute Gasteiger partial charge is 0.497 e. The number of methoxy groups -OCH3 is 1. The molecule has 2 aromatic carbocycles. The van der Waals surface area contributed by atoms with Gasteiger partial charge in [0.25, 0.3) is 0 Å². The first-order valence-corrected chi connectivity index (χ1v) is 7.41. The highest BCUT2D eigenvalue weighted by atomic mass is 32.2. The lowest BCUT2D eigenvalue weighted by Gasteiger charge is -2.16. The van der Waals surface area contributed by atoms with E-state index in [4.69, 9.17) is 4.74 Å². The van der Waals surface area contributed by atoms with E-state index < -0.39 is 0 Å². The van der Waals surface area contributed by atoms with E-state index in [1.54, 1.807) is 31.0 Å². The maximum atomic E-state index is 12.9. The molecule has 0 saturated heterocycles. The molecule has 0 saturated carbocycles. The van der Waals surface area contributed by atoms with E-state index in [1.807, 2.05) is 19.2 Å². The average Bonchev–Trinajstić information content (AvgIpc) is 2.50. The highest BCUT2D eigenvalue weighted by molar-refractivity contribution is 7.99. The second kappa shape index (κ2) is 7.31. The molecule has 2 rings (SSSR count). The summed E-state index contributed by atoms with van der Waals surface area (Å²) in [6.45, 7) is 0. The monoisotopic (exact) mass is 291 g/mol. The third-order valence-corrected chi connectivity index (χ3v) is 4.20. The van der Waals surface area contributed by atoms with Gasteiger partial charge in [0.05, 0.1) is 7.11 Å². The number of thioether (sulfide) groups is 1. The van der Waals surface area contributed by atoms with Gasteiger partial charge in [-0.05, 0) is 49.0 Å². The Morgan fingerprint density at radius 2 is 1.75 bits per heavy atom. The first kappa shape index (κ1) is 14.9. The second-order valence-corrected chi connectivity index (χ2v) is 5.47. The first-order chi connectivity index (χ1) is 9.72. The smallest absolute Gasteiger partial charge is 0.123 e. The molecule has 0 radical (unpaired) electrons. The van der Waals surface area contributed by atoms with Gasteiger partial charge in [-0.15, -0.1) is 11.8 Å². The van der Waals surface area contributed by atoms with Gasteiger partial charge in [0.1, 0.15) is 11.6 Å². The second-order valence-electron chi connectivity index (χ2n) is 4.38. The Morgan fingerprint density at radius 1 is 1.10 bits per heavy atom. The van der Waals surface area contributed by atoms with Crippen molar-refractivity contribution in [2.24, 2.45) is 0 Å². The maximum absolute atomic E-state index is 12.9. The van der Waals surface area contributed by atoms with Crippen LogP contribution in [0, 0.1) is 5.82 Å². The van der Waals surface area contributed by atoms with Crippen molar-refractivity contribution < 1.29 is 9.13 Å². The van der Waals surface area contributed by atoms with Crippen molar-refractivity contribution >= 4 is 11.8 Å². The van der Waals surface area contributed by atoms with Crippen molar-refractivity contribution in [1.29, 1.82) is 0 Å². The lowest BCUT2D eigenvalue weighted by Crippen LogP contribution is -2.18. The van der Waals surface area contributed by atoms with E-state index >= 15 is 0 Å². The van der Waals surface area contributed by atoms with Crippen LogP contribution in [0.5, 0.6) is 5.75 Å². The molecular weight excluding hydrogens is 273 g/mol. The van der Waals surface area contributed by atoms with E-state index in [-0.39, 0.29) is 11.9 Å². The number of hydrogen-bond donors (Lipinski definition) is 1. The predicted octanol–water partition coefficient (Wildman–Crippen LogP) is 3.89. The Morgan fingerprint density at radius 3 is 2.30 bits per heavy atom. The van der Waals surface area contributed by atoms with Crippen LogP contribution in [0.25, 0.3) is 0 Å². The molecule has 1 N–H and O–H groups in total. The zero-order chi connectivity index (χ0) is 14.4. The Kier molecular flexibility index (Phi) is 5.44. The molecule has 1 unspecified atom stereocenters. The highest BCUT2D eigenvalue weighted by Crippen LogP contribution is 2.25. The van der Waals surface area contributed by atoms with Crippen LogP contribution in [0.3, 0.4) is 0 Å². The molecule has 2 nitrogen and oxygen atoms in total. The average molecular weight is 291 g/mol. The van der Waals surface area contributed by atoms with E-state index in [1.165, 1.54) is 17.7 Å². The minimum absolute atomic E-state index is 0.199. The summed E-state index contributed by atoms with van der Waals surface area (Å²) in [5.74, 6) is 1.54. The van der Waals surface area contributed by atoms with Crippen molar-refractivity contribution in [2.45, 2.75) is 10.9 Å². The third kappa shape index (κ3) is 3.99. The molecule has 0 aliphatic carbocycles. The van der Waals surface area contributed by atoms with Gasteiger partial charge in [0.15, 0.2) is 0 Å². The minimum Gasteiger partial charge on any atom is -0.497 e. The van der Waals surface area contributed by atoms with Crippen molar-refractivity contribution in [2.75, 3.05) is 19.9 Å². The summed E-state index contributed by atoms with van der Waals surface area (Å²) in [6.07, 6.45) is 0. The number of rotatable bonds is 6. The lowest BCUT2D eigenvalue weighted by atomic mass is 10.1. The Hall–Kier alpha value is -1.52. The Balaban J connectivity index is 1.99. The standard InChI is InChI=1S/C16H18FNOS/c1-18-16(12-3-7-14(19-2)8-4-12)11-20-15-9-5-13(17)6-10-15/h3-10,16,18H,11H2,1-2H3. The first-order valence-electron chi connectivity index (χ1n) is 6.42. The van der Waals surface area contributed by atoms with Crippen LogP contribution in [-0.2, 0) is 0 Å². The van der Waals surface area contributed by atoms with Crippen LogP contribution >= 0.6 is 11.8 Å². The van der Waals surface area contributed by atoms with E-state index in [9.17, 15) is 4.39 Å². The Bertz CT molecular complexity index is 527. The molecule has 20 heavy (non-hydrogen) atoms. The van der Waals surface area contributed by atoms with Gasteiger partial charge in [0, 0.05) is 16.7 Å². The van der Waals surface area contributed by atoms with E-state index in [2.05, 4.69) is 17.4 Å². The topological polar surface area (TPSA) is 21.3 Å². The molecular formula is C16H18FNOS. The minimum atomic E-state index is -0.199. The Labute approximate surface area is 123 Å². The molecule has 2 aromatic rings. The number of hydrogen-bond acceptors (Lipinski definition) is 3. The molecule has 0 spiro atoms. The molecule has 0 heterocycles. The summed E-state index contributed by atoms with van der Waals surface area (Å²) in [7, 11) is 3.61. The SMILES string of the molecule is CNC(CSc1ccc(F)cc1)c1ccc(OC)cc1. The van der Waals surface area contributed by atoms with E-state index in [0.717, 1.165) is 16.4 Å². The molecule has 4 heteroatoms. The highest BCUT2D eigenvalue weighted by Gasteiger charge is 2.10. The number of halogens is 1. The zero-order valence-electron chi connectivity index (χ0n) is 11.6. The normalized spacial score (nSPS) is 12.2. The molecule has 0 aromatic heterocycles. The molecule has 0 amide bonds. The lowest BCUT2D eigenvalue weighted by molar-refractivity contribution is 0.414. The maximum Gasteiger partial charge on any atom is 0.123 e. The molecule has 0 aliphatic rings. The quantitative estimate of drug-likeness (QED) is 0.816. The van der Waals surface area contributed by atoms with Crippen LogP contribution in [-0.4, -0.2) is 19.9 Å². The van der Waals surface area contributed by atoms with Crippen molar-refractivity contribution in [1.82, 2.24) is 5.32 Å². The predicted molar refractivity (Wildman–Crippen MR) is 81.9 cm³/mol.